The van der Waals surface area contributed by atoms with Gasteiger partial charge in [0.1, 0.15) is 5.82 Å². The van der Waals surface area contributed by atoms with Crippen molar-refractivity contribution in [2.24, 2.45) is 0 Å². The van der Waals surface area contributed by atoms with E-state index in [0.717, 1.165) is 11.4 Å². The Bertz CT molecular complexity index is 730. The van der Waals surface area contributed by atoms with Crippen molar-refractivity contribution in [3.8, 4) is 5.69 Å². The Balaban J connectivity index is 2.19. The fourth-order valence-corrected chi connectivity index (χ4v) is 2.70. The number of rotatable bonds is 10. The standard InChI is InChI=1S/C21H32N4O3/c1-21(2,3)18-15-19(25(23-18)17-9-7-6-8-10-17)22-20(26)16-24(11-13-27-4)12-14-28-5/h6-10,15H,11-14,16H2,1-5H3,(H,22,26). The maximum absolute atomic E-state index is 12.7. The molecule has 1 aromatic carbocycles. The predicted molar refractivity (Wildman–Crippen MR) is 111 cm³/mol. The SMILES string of the molecule is COCCN(CCOC)CC(=O)Nc1cc(C(C)(C)C)nn1-c1ccccc1. The zero-order valence-electron chi connectivity index (χ0n) is 17.6. The molecule has 7 nitrogen and oxygen atoms in total. The number of nitrogens with zero attached hydrogens (tertiary/aromatic N) is 3. The van der Waals surface area contributed by atoms with Gasteiger partial charge in [0, 0.05) is 38.8 Å². The molecule has 0 spiro atoms. The summed E-state index contributed by atoms with van der Waals surface area (Å²) in [5.74, 6) is 0.573. The molecule has 2 aromatic rings. The molecule has 1 aromatic heterocycles. The van der Waals surface area contributed by atoms with E-state index >= 15 is 0 Å². The van der Waals surface area contributed by atoms with Crippen LogP contribution in [0.1, 0.15) is 26.5 Å². The number of para-hydroxylation sites is 1. The highest BCUT2D eigenvalue weighted by atomic mass is 16.5. The highest BCUT2D eigenvalue weighted by Crippen LogP contribution is 2.26. The van der Waals surface area contributed by atoms with E-state index in [0.29, 0.717) is 32.1 Å². The van der Waals surface area contributed by atoms with Crippen molar-refractivity contribution < 1.29 is 14.3 Å². The van der Waals surface area contributed by atoms with E-state index in [9.17, 15) is 4.79 Å². The van der Waals surface area contributed by atoms with Crippen LogP contribution in [0, 0.1) is 0 Å². The quantitative estimate of drug-likeness (QED) is 0.678. The third kappa shape index (κ3) is 6.44. The first kappa shape index (κ1) is 22.1. The summed E-state index contributed by atoms with van der Waals surface area (Å²) in [6.45, 7) is 9.03. The summed E-state index contributed by atoms with van der Waals surface area (Å²) < 4.78 is 12.1. The van der Waals surface area contributed by atoms with E-state index in [1.165, 1.54) is 0 Å². The van der Waals surface area contributed by atoms with Crippen molar-refractivity contribution in [2.45, 2.75) is 26.2 Å². The van der Waals surface area contributed by atoms with Crippen molar-refractivity contribution in [1.82, 2.24) is 14.7 Å². The molecule has 0 fully saturated rings. The Labute approximate surface area is 167 Å². The first-order valence-electron chi connectivity index (χ1n) is 9.51. The number of methoxy groups -OCH3 is 2. The minimum atomic E-state index is -0.123. The van der Waals surface area contributed by atoms with Gasteiger partial charge in [-0.3, -0.25) is 9.69 Å². The summed E-state index contributed by atoms with van der Waals surface area (Å²) in [7, 11) is 3.31. The molecule has 0 saturated heterocycles. The highest BCUT2D eigenvalue weighted by molar-refractivity contribution is 5.91. The number of ether oxygens (including phenoxy) is 2. The summed E-state index contributed by atoms with van der Waals surface area (Å²) in [4.78, 5) is 14.7. The molecule has 0 unspecified atom stereocenters. The largest absolute Gasteiger partial charge is 0.383 e. The Morgan fingerprint density at radius 1 is 1.11 bits per heavy atom. The Hall–Kier alpha value is -2.22. The molecule has 1 heterocycles. The fraction of sp³-hybridized carbons (Fsp3) is 0.524. The fourth-order valence-electron chi connectivity index (χ4n) is 2.70. The molecule has 2 rings (SSSR count). The van der Waals surface area contributed by atoms with Crippen molar-refractivity contribution in [1.29, 1.82) is 0 Å². The molecule has 0 aliphatic rings. The Morgan fingerprint density at radius 3 is 2.25 bits per heavy atom. The Kier molecular flexibility index (Phi) is 8.17. The van der Waals surface area contributed by atoms with Gasteiger partial charge in [-0.25, -0.2) is 4.68 Å². The number of carbonyl (C=O) groups excluding carboxylic acids is 1. The molecule has 1 amide bonds. The maximum Gasteiger partial charge on any atom is 0.239 e. The summed E-state index contributed by atoms with van der Waals surface area (Å²) in [5, 5.41) is 7.75. The zero-order valence-corrected chi connectivity index (χ0v) is 17.6. The number of nitrogens with one attached hydrogen (secondary N) is 1. The van der Waals surface area contributed by atoms with E-state index in [1.54, 1.807) is 18.9 Å². The molecule has 0 bridgehead atoms. The van der Waals surface area contributed by atoms with E-state index in [-0.39, 0.29) is 17.9 Å². The molecule has 1 N–H and O–H groups in total. The Morgan fingerprint density at radius 2 is 1.71 bits per heavy atom. The summed E-state index contributed by atoms with van der Waals surface area (Å²) in [6, 6.07) is 11.8. The van der Waals surface area contributed by atoms with E-state index in [1.807, 2.05) is 41.3 Å². The second-order valence-electron chi connectivity index (χ2n) is 7.72. The summed E-state index contributed by atoms with van der Waals surface area (Å²) in [5.41, 5.74) is 1.70. The lowest BCUT2D eigenvalue weighted by Gasteiger charge is -2.21. The first-order valence-corrected chi connectivity index (χ1v) is 9.51. The third-order valence-electron chi connectivity index (χ3n) is 4.34. The molecule has 7 heteroatoms. The van der Waals surface area contributed by atoms with Gasteiger partial charge in [-0.2, -0.15) is 5.10 Å². The lowest BCUT2D eigenvalue weighted by Crippen LogP contribution is -2.37. The molecule has 154 valence electrons. The molecule has 0 radical (unpaired) electrons. The first-order chi connectivity index (χ1) is 13.3. The van der Waals surface area contributed by atoms with E-state index in [2.05, 4.69) is 26.1 Å². The number of hydrogen-bond donors (Lipinski definition) is 1. The highest BCUT2D eigenvalue weighted by Gasteiger charge is 2.22. The molecular formula is C21H32N4O3. The molecule has 28 heavy (non-hydrogen) atoms. The minimum Gasteiger partial charge on any atom is -0.383 e. The molecule has 0 atom stereocenters. The van der Waals surface area contributed by atoms with Crippen LogP contribution in [-0.2, 0) is 19.7 Å². The third-order valence-corrected chi connectivity index (χ3v) is 4.34. The monoisotopic (exact) mass is 388 g/mol. The van der Waals surface area contributed by atoms with E-state index in [4.69, 9.17) is 14.6 Å². The lowest BCUT2D eigenvalue weighted by molar-refractivity contribution is -0.117. The molecule has 0 aliphatic heterocycles. The molecule has 0 saturated carbocycles. The smallest absolute Gasteiger partial charge is 0.239 e. The van der Waals surface area contributed by atoms with Gasteiger partial charge in [-0.15, -0.1) is 0 Å². The number of benzene rings is 1. The van der Waals surface area contributed by atoms with Gasteiger partial charge in [-0.1, -0.05) is 39.0 Å². The number of aromatic nitrogens is 2. The van der Waals surface area contributed by atoms with Crippen LogP contribution >= 0.6 is 0 Å². The number of anilines is 1. The van der Waals surface area contributed by atoms with Crippen LogP contribution in [0.15, 0.2) is 36.4 Å². The topological polar surface area (TPSA) is 68.6 Å². The van der Waals surface area contributed by atoms with Gasteiger partial charge in [0.2, 0.25) is 5.91 Å². The summed E-state index contributed by atoms with van der Waals surface area (Å²) in [6.07, 6.45) is 0. The maximum atomic E-state index is 12.7. The lowest BCUT2D eigenvalue weighted by atomic mass is 9.92. The van der Waals surface area contributed by atoms with Crippen LogP contribution in [0.4, 0.5) is 5.82 Å². The summed E-state index contributed by atoms with van der Waals surface area (Å²) >= 11 is 0. The zero-order chi connectivity index (χ0) is 20.6. The van der Waals surface area contributed by atoms with Crippen molar-refractivity contribution >= 4 is 11.7 Å². The van der Waals surface area contributed by atoms with Crippen LogP contribution in [0.5, 0.6) is 0 Å². The number of hydrogen-bond acceptors (Lipinski definition) is 5. The second-order valence-corrected chi connectivity index (χ2v) is 7.72. The van der Waals surface area contributed by atoms with Crippen molar-refractivity contribution in [3.05, 3.63) is 42.1 Å². The number of carbonyl (C=O) groups is 1. The average Bonchev–Trinajstić information content (AvgIpc) is 3.08. The van der Waals surface area contributed by atoms with Crippen LogP contribution in [0.2, 0.25) is 0 Å². The minimum absolute atomic E-state index is 0.0928. The normalized spacial score (nSPS) is 11.8. The van der Waals surface area contributed by atoms with Gasteiger partial charge in [0.25, 0.3) is 0 Å². The van der Waals surface area contributed by atoms with Crippen LogP contribution in [-0.4, -0.2) is 67.7 Å². The second kappa shape index (κ2) is 10.4. The van der Waals surface area contributed by atoms with Crippen LogP contribution < -0.4 is 5.32 Å². The van der Waals surface area contributed by atoms with E-state index < -0.39 is 0 Å². The van der Waals surface area contributed by atoms with Crippen LogP contribution in [0.3, 0.4) is 0 Å². The van der Waals surface area contributed by atoms with Gasteiger partial charge < -0.3 is 14.8 Å². The molecule has 0 aliphatic carbocycles. The predicted octanol–water partition coefficient (Wildman–Crippen LogP) is 2.70. The van der Waals surface area contributed by atoms with Gasteiger partial charge >= 0.3 is 0 Å². The average molecular weight is 389 g/mol. The van der Waals surface area contributed by atoms with Crippen LogP contribution in [0.25, 0.3) is 5.69 Å². The van der Waals surface area contributed by atoms with Gasteiger partial charge in [0.15, 0.2) is 0 Å². The van der Waals surface area contributed by atoms with Crippen molar-refractivity contribution in [2.75, 3.05) is 52.4 Å². The van der Waals surface area contributed by atoms with Gasteiger partial charge in [0.05, 0.1) is 31.1 Å². The van der Waals surface area contributed by atoms with Crippen molar-refractivity contribution in [3.63, 3.8) is 0 Å². The molecular weight excluding hydrogens is 356 g/mol. The van der Waals surface area contributed by atoms with Gasteiger partial charge in [-0.05, 0) is 12.1 Å². The number of amides is 1.